The van der Waals surface area contributed by atoms with Crippen molar-refractivity contribution in [2.75, 3.05) is 31.6 Å². The minimum absolute atomic E-state index is 0.175. The summed E-state index contributed by atoms with van der Waals surface area (Å²) in [6.07, 6.45) is 7.54. The van der Waals surface area contributed by atoms with Crippen molar-refractivity contribution in [3.05, 3.63) is 112 Å². The lowest BCUT2D eigenvalue weighted by molar-refractivity contribution is 0.0729. The molecule has 5 N–H and O–H groups in total. The third kappa shape index (κ3) is 9.09. The molecule has 5 aromatic rings. The van der Waals surface area contributed by atoms with Gasteiger partial charge >= 0.3 is 0 Å². The van der Waals surface area contributed by atoms with Gasteiger partial charge in [0.2, 0.25) is 5.91 Å². The third-order valence-corrected chi connectivity index (χ3v) is 11.0. The number of anilines is 1. The van der Waals surface area contributed by atoms with Crippen LogP contribution in [0.25, 0.3) is 22.2 Å². The zero-order chi connectivity index (χ0) is 39.0. The molecule has 3 aromatic carbocycles. The van der Waals surface area contributed by atoms with Crippen LogP contribution in [-0.2, 0) is 37.3 Å². The van der Waals surface area contributed by atoms with Crippen molar-refractivity contribution in [2.45, 2.75) is 90.6 Å². The summed E-state index contributed by atoms with van der Waals surface area (Å²) in [4.78, 5) is 33.7. The number of carbonyl (C=O) groups is 2. The van der Waals surface area contributed by atoms with Crippen molar-refractivity contribution in [1.82, 2.24) is 30.3 Å². The molecule has 7 rings (SSSR count). The van der Waals surface area contributed by atoms with Crippen molar-refractivity contribution < 1.29 is 18.7 Å². The molecule has 2 saturated heterocycles. The molecule has 11 nitrogen and oxygen atoms in total. The molecule has 0 radical (unpaired) electrons. The number of rotatable bonds is 14. The maximum atomic E-state index is 15.7. The Morgan fingerprint density at radius 1 is 0.946 bits per heavy atom. The van der Waals surface area contributed by atoms with E-state index in [0.29, 0.717) is 49.9 Å². The van der Waals surface area contributed by atoms with Crippen LogP contribution in [0.3, 0.4) is 0 Å². The Morgan fingerprint density at radius 3 is 2.57 bits per heavy atom. The monoisotopic (exact) mass is 760 g/mol. The highest BCUT2D eigenvalue weighted by atomic mass is 19.1. The number of amides is 2. The number of halogens is 1. The maximum Gasteiger partial charge on any atom is 0.254 e. The van der Waals surface area contributed by atoms with Crippen molar-refractivity contribution in [2.24, 2.45) is 5.73 Å². The number of nitrogens with one attached hydrogen (secondary N) is 3. The number of carbonyl (C=O) groups excluding carboxylic acids is 2. The van der Waals surface area contributed by atoms with E-state index in [2.05, 4.69) is 34.0 Å². The smallest absolute Gasteiger partial charge is 0.254 e. The minimum atomic E-state index is -0.614. The second-order valence-corrected chi connectivity index (χ2v) is 14.9. The lowest BCUT2D eigenvalue weighted by Gasteiger charge is -2.29. The fourth-order valence-corrected chi connectivity index (χ4v) is 7.91. The summed E-state index contributed by atoms with van der Waals surface area (Å²) in [5.41, 5.74) is 12.8. The van der Waals surface area contributed by atoms with E-state index in [0.717, 1.165) is 89.9 Å². The number of fused-ring (bicyclic) bond motifs is 1. The Balaban J connectivity index is 1.25. The number of aromatic nitrogens is 3. The lowest BCUT2D eigenvalue weighted by atomic mass is 9.99. The van der Waals surface area contributed by atoms with Gasteiger partial charge in [0.05, 0.1) is 23.8 Å². The summed E-state index contributed by atoms with van der Waals surface area (Å²) < 4.78 is 23.3. The topological polar surface area (TPSA) is 139 Å². The van der Waals surface area contributed by atoms with E-state index in [4.69, 9.17) is 15.5 Å². The SMILES string of the molecule is CCc1nc2c(cnn2CC)c(NC2CCOCC2)c1CN(Cc1ccc(F)c(-c2cccc(CNC3CCCNCC3)c2)c1)C(=O)c1cccc(C(N)=O)c1. The highest BCUT2D eigenvalue weighted by Gasteiger charge is 2.26. The van der Waals surface area contributed by atoms with E-state index in [9.17, 15) is 9.59 Å². The van der Waals surface area contributed by atoms with Gasteiger partial charge in [0.1, 0.15) is 5.82 Å². The Kier molecular flexibility index (Phi) is 12.7. The normalized spacial score (nSPS) is 16.4. The number of aryl methyl sites for hydroxylation is 2. The second-order valence-electron chi connectivity index (χ2n) is 14.9. The summed E-state index contributed by atoms with van der Waals surface area (Å²) in [5, 5.41) is 16.5. The number of ether oxygens (including phenoxy) is 1. The molecule has 12 heteroatoms. The first kappa shape index (κ1) is 39.1. The molecule has 1 atom stereocenters. The van der Waals surface area contributed by atoms with Gasteiger partial charge in [-0.1, -0.05) is 37.3 Å². The van der Waals surface area contributed by atoms with Crippen molar-refractivity contribution >= 4 is 28.5 Å². The van der Waals surface area contributed by atoms with Crippen molar-refractivity contribution in [1.29, 1.82) is 0 Å². The molecule has 294 valence electrons. The van der Waals surface area contributed by atoms with Crippen LogP contribution in [-0.4, -0.2) is 69.9 Å². The summed E-state index contributed by atoms with van der Waals surface area (Å²) in [6, 6.07) is 20.2. The molecule has 2 amide bonds. The van der Waals surface area contributed by atoms with E-state index in [1.54, 1.807) is 29.2 Å². The summed E-state index contributed by atoms with van der Waals surface area (Å²) in [7, 11) is 0. The van der Waals surface area contributed by atoms with Crippen LogP contribution in [0.5, 0.6) is 0 Å². The highest BCUT2D eigenvalue weighted by molar-refractivity contribution is 5.99. The number of nitrogens with two attached hydrogens (primary N) is 1. The molecule has 2 aliphatic rings. The molecule has 0 spiro atoms. The first-order chi connectivity index (χ1) is 27.3. The number of hydrogen-bond donors (Lipinski definition) is 4. The van der Waals surface area contributed by atoms with E-state index in [1.165, 1.54) is 12.1 Å². The zero-order valence-corrected chi connectivity index (χ0v) is 32.5. The summed E-state index contributed by atoms with van der Waals surface area (Å²) in [6.45, 7) is 9.26. The van der Waals surface area contributed by atoms with Crippen LogP contribution in [0.2, 0.25) is 0 Å². The van der Waals surface area contributed by atoms with Gasteiger partial charge in [-0.05, 0) is 112 Å². The molecule has 0 aliphatic carbocycles. The molecule has 56 heavy (non-hydrogen) atoms. The van der Waals surface area contributed by atoms with Gasteiger partial charge in [-0.3, -0.25) is 9.59 Å². The fourth-order valence-electron chi connectivity index (χ4n) is 7.91. The molecule has 1 unspecified atom stereocenters. The highest BCUT2D eigenvalue weighted by Crippen LogP contribution is 2.34. The number of hydrogen-bond acceptors (Lipinski definition) is 8. The van der Waals surface area contributed by atoms with Crippen molar-refractivity contribution in [3.8, 4) is 11.1 Å². The summed E-state index contributed by atoms with van der Waals surface area (Å²) >= 11 is 0. The van der Waals surface area contributed by atoms with Gasteiger partial charge in [0.25, 0.3) is 5.91 Å². The predicted octanol–water partition coefficient (Wildman–Crippen LogP) is 6.58. The van der Waals surface area contributed by atoms with Crippen LogP contribution < -0.4 is 21.7 Å². The molecule has 0 bridgehead atoms. The summed E-state index contributed by atoms with van der Waals surface area (Å²) in [5.74, 6) is -1.24. The predicted molar refractivity (Wildman–Crippen MR) is 218 cm³/mol. The molecule has 2 aromatic heterocycles. The number of benzene rings is 3. The van der Waals surface area contributed by atoms with Gasteiger partial charge < -0.3 is 31.3 Å². The van der Waals surface area contributed by atoms with Crippen LogP contribution in [0.4, 0.5) is 10.1 Å². The molecule has 4 heterocycles. The molecular weight excluding hydrogens is 708 g/mol. The first-order valence-corrected chi connectivity index (χ1v) is 20.0. The molecule has 0 saturated carbocycles. The van der Waals surface area contributed by atoms with Crippen LogP contribution in [0.1, 0.15) is 89.1 Å². The number of primary amides is 1. The van der Waals surface area contributed by atoms with Crippen molar-refractivity contribution in [3.63, 3.8) is 0 Å². The van der Waals surface area contributed by atoms with Gasteiger partial charge in [-0.25, -0.2) is 14.1 Å². The van der Waals surface area contributed by atoms with E-state index < -0.39 is 5.91 Å². The van der Waals surface area contributed by atoms with Gasteiger partial charge in [0.15, 0.2) is 5.65 Å². The van der Waals surface area contributed by atoms with Crippen LogP contribution >= 0.6 is 0 Å². The van der Waals surface area contributed by atoms with E-state index >= 15 is 4.39 Å². The average Bonchev–Trinajstić information content (AvgIpc) is 3.46. The van der Waals surface area contributed by atoms with Gasteiger partial charge in [-0.2, -0.15) is 5.10 Å². The average molecular weight is 761 g/mol. The third-order valence-electron chi connectivity index (χ3n) is 11.0. The van der Waals surface area contributed by atoms with Gasteiger partial charge in [0, 0.05) is 72.9 Å². The Bertz CT molecular complexity index is 2160. The molecular formula is C44H53FN8O3. The van der Waals surface area contributed by atoms with E-state index in [1.807, 2.05) is 42.1 Å². The first-order valence-electron chi connectivity index (χ1n) is 20.0. The number of nitrogens with zero attached hydrogens (tertiary/aromatic N) is 4. The standard InChI is InChI=1S/C44H53FN8O3/c1-3-40-38(41(50-35-16-20-56-21-17-35)37-26-49-53(4-2)43(37)51-40)28-52(44(55)33-11-6-10-32(24-33)42(46)54)27-30-13-14-39(45)36(23-30)31-9-5-8-29(22-31)25-48-34-12-7-18-47-19-15-34/h5-6,8-11,13-14,22-24,26,34-35,47-48H,3-4,7,12,15-21,25,27-28H2,1-2H3,(H2,46,54)(H,50,51). The van der Waals surface area contributed by atoms with Crippen LogP contribution in [0.15, 0.2) is 72.9 Å². The maximum absolute atomic E-state index is 15.7. The van der Waals surface area contributed by atoms with Gasteiger partial charge in [-0.15, -0.1) is 0 Å². The fraction of sp³-hybridized carbons (Fsp3) is 0.409. The lowest BCUT2D eigenvalue weighted by Crippen LogP contribution is -2.33. The molecule has 2 fully saturated rings. The number of pyridine rings is 1. The largest absolute Gasteiger partial charge is 0.381 e. The van der Waals surface area contributed by atoms with E-state index in [-0.39, 0.29) is 36.4 Å². The second kappa shape index (κ2) is 18.2. The molecule has 2 aliphatic heterocycles. The Morgan fingerprint density at radius 2 is 1.77 bits per heavy atom. The Hall–Kier alpha value is -5.17. The Labute approximate surface area is 328 Å². The van der Waals surface area contributed by atoms with Crippen LogP contribution in [0, 0.1) is 5.82 Å². The minimum Gasteiger partial charge on any atom is -0.381 e. The zero-order valence-electron chi connectivity index (χ0n) is 32.5. The quantitative estimate of drug-likeness (QED) is 0.0996.